The molecule has 2 N–H and O–H groups in total. The number of amides is 1. The van der Waals surface area contributed by atoms with E-state index >= 15 is 0 Å². The predicted molar refractivity (Wildman–Crippen MR) is 111 cm³/mol. The Hall–Kier alpha value is -2.41. The van der Waals surface area contributed by atoms with Crippen LogP contribution in [0.15, 0.2) is 24.3 Å². The van der Waals surface area contributed by atoms with Gasteiger partial charge in [-0.15, -0.1) is 5.10 Å². The zero-order chi connectivity index (χ0) is 20.8. The first-order chi connectivity index (χ1) is 13.2. The molecule has 1 aromatic carbocycles. The molecule has 154 valence electrons. The molecule has 1 atom stereocenters. The number of hydrogen-bond acceptors (Lipinski definition) is 5. The van der Waals surface area contributed by atoms with Crippen LogP contribution in [-0.4, -0.2) is 51.5 Å². The molecule has 0 bridgehead atoms. The molecular formula is C21H33N5O2. The zero-order valence-corrected chi connectivity index (χ0v) is 17.8. The van der Waals surface area contributed by atoms with Crippen LogP contribution in [0.2, 0.25) is 0 Å². The number of carbonyl (C=O) groups is 1. The Bertz CT molecular complexity index is 768. The minimum atomic E-state index is -0.126. The molecule has 1 unspecified atom stereocenters. The van der Waals surface area contributed by atoms with Gasteiger partial charge in [-0.05, 0) is 56.9 Å². The molecule has 7 heteroatoms. The van der Waals surface area contributed by atoms with Gasteiger partial charge in [-0.25, -0.2) is 4.68 Å². The fourth-order valence-electron chi connectivity index (χ4n) is 2.89. The number of rotatable bonds is 9. The largest absolute Gasteiger partial charge is 0.491 e. The monoisotopic (exact) mass is 387 g/mol. The van der Waals surface area contributed by atoms with Crippen LogP contribution in [0.5, 0.6) is 5.75 Å². The number of benzene rings is 1. The van der Waals surface area contributed by atoms with E-state index in [-0.39, 0.29) is 18.1 Å². The van der Waals surface area contributed by atoms with Gasteiger partial charge in [0, 0.05) is 19.6 Å². The fourth-order valence-corrected chi connectivity index (χ4v) is 2.89. The number of ether oxygens (including phenoxy) is 1. The average Bonchev–Trinajstić information content (AvgIpc) is 3.09. The average molecular weight is 388 g/mol. The molecule has 1 aromatic heterocycles. The first-order valence-corrected chi connectivity index (χ1v) is 9.97. The van der Waals surface area contributed by atoms with Crippen molar-refractivity contribution < 1.29 is 9.53 Å². The molecule has 0 aliphatic rings. The van der Waals surface area contributed by atoms with Gasteiger partial charge >= 0.3 is 0 Å². The highest BCUT2D eigenvalue weighted by molar-refractivity contribution is 5.93. The summed E-state index contributed by atoms with van der Waals surface area (Å²) in [5.74, 6) is 1.06. The van der Waals surface area contributed by atoms with Crippen molar-refractivity contribution in [2.75, 3.05) is 13.6 Å². The predicted octanol–water partition coefficient (Wildman–Crippen LogP) is 3.06. The van der Waals surface area contributed by atoms with E-state index < -0.39 is 0 Å². The highest BCUT2D eigenvalue weighted by Gasteiger charge is 2.23. The molecule has 1 heterocycles. The Kier molecular flexibility index (Phi) is 7.57. The van der Waals surface area contributed by atoms with Crippen LogP contribution in [0.3, 0.4) is 0 Å². The summed E-state index contributed by atoms with van der Waals surface area (Å²) in [5.41, 5.74) is 8.14. The standard InChI is InChI=1S/C21H33N5O2/c1-7-19-20(21(27)25(6)13-12-18(22)14(2)3)23-24-26(19)16-8-10-17(11-9-16)28-15(4)5/h8-11,14-15,18H,7,12-13,22H2,1-6H3. The van der Waals surface area contributed by atoms with Gasteiger partial charge in [-0.1, -0.05) is 26.0 Å². The first kappa shape index (κ1) is 21.9. The Morgan fingerprint density at radius 2 is 1.86 bits per heavy atom. The van der Waals surface area contributed by atoms with Crippen molar-refractivity contribution in [1.82, 2.24) is 19.9 Å². The van der Waals surface area contributed by atoms with Gasteiger partial charge in [-0.3, -0.25) is 4.79 Å². The summed E-state index contributed by atoms with van der Waals surface area (Å²) in [4.78, 5) is 14.6. The summed E-state index contributed by atoms with van der Waals surface area (Å²) >= 11 is 0. The maximum absolute atomic E-state index is 12.9. The highest BCUT2D eigenvalue weighted by atomic mass is 16.5. The van der Waals surface area contributed by atoms with Crippen LogP contribution in [0.4, 0.5) is 0 Å². The molecule has 0 saturated heterocycles. The van der Waals surface area contributed by atoms with Crippen molar-refractivity contribution in [1.29, 1.82) is 0 Å². The normalized spacial score (nSPS) is 12.5. The third-order valence-corrected chi connectivity index (χ3v) is 4.75. The Balaban J connectivity index is 2.17. The van der Waals surface area contributed by atoms with Crippen molar-refractivity contribution in [3.8, 4) is 11.4 Å². The van der Waals surface area contributed by atoms with E-state index in [1.54, 1.807) is 16.6 Å². The Morgan fingerprint density at radius 1 is 1.21 bits per heavy atom. The van der Waals surface area contributed by atoms with Gasteiger partial charge in [0.15, 0.2) is 5.69 Å². The fraction of sp³-hybridized carbons (Fsp3) is 0.571. The number of carbonyl (C=O) groups excluding carboxylic acids is 1. The van der Waals surface area contributed by atoms with Crippen LogP contribution in [0.25, 0.3) is 5.69 Å². The van der Waals surface area contributed by atoms with Gasteiger partial charge in [0.1, 0.15) is 5.75 Å². The molecule has 7 nitrogen and oxygen atoms in total. The van der Waals surface area contributed by atoms with Crippen molar-refractivity contribution in [2.45, 2.75) is 59.6 Å². The van der Waals surface area contributed by atoms with Crippen LogP contribution in [0.1, 0.15) is 57.2 Å². The summed E-state index contributed by atoms with van der Waals surface area (Å²) in [5, 5.41) is 8.41. The molecule has 2 rings (SSSR count). The Labute approximate surface area is 167 Å². The van der Waals surface area contributed by atoms with Crippen molar-refractivity contribution >= 4 is 5.91 Å². The zero-order valence-electron chi connectivity index (χ0n) is 17.8. The van der Waals surface area contributed by atoms with E-state index in [0.717, 1.165) is 23.6 Å². The molecule has 2 aromatic rings. The molecule has 0 aliphatic heterocycles. The topological polar surface area (TPSA) is 86.3 Å². The van der Waals surface area contributed by atoms with Gasteiger partial charge in [0.2, 0.25) is 0 Å². The lowest BCUT2D eigenvalue weighted by Crippen LogP contribution is -2.35. The molecule has 28 heavy (non-hydrogen) atoms. The smallest absolute Gasteiger partial charge is 0.276 e. The summed E-state index contributed by atoms with van der Waals surface area (Å²) < 4.78 is 7.41. The van der Waals surface area contributed by atoms with E-state index in [1.807, 2.05) is 45.0 Å². The lowest BCUT2D eigenvalue weighted by molar-refractivity contribution is 0.0782. The molecular weight excluding hydrogens is 354 g/mol. The molecule has 0 aliphatic carbocycles. The second-order valence-corrected chi connectivity index (χ2v) is 7.73. The summed E-state index contributed by atoms with van der Waals surface area (Å²) in [6.07, 6.45) is 1.52. The van der Waals surface area contributed by atoms with Crippen LogP contribution >= 0.6 is 0 Å². The lowest BCUT2D eigenvalue weighted by atomic mass is 10.0. The van der Waals surface area contributed by atoms with E-state index in [0.29, 0.717) is 24.6 Å². The minimum absolute atomic E-state index is 0.0724. The summed E-state index contributed by atoms with van der Waals surface area (Å²) in [6, 6.07) is 7.72. The van der Waals surface area contributed by atoms with Crippen LogP contribution in [-0.2, 0) is 6.42 Å². The maximum Gasteiger partial charge on any atom is 0.276 e. The number of nitrogens with two attached hydrogens (primary N) is 1. The summed E-state index contributed by atoms with van der Waals surface area (Å²) in [7, 11) is 1.78. The van der Waals surface area contributed by atoms with E-state index in [2.05, 4.69) is 24.2 Å². The third kappa shape index (κ3) is 5.32. The molecule has 0 fully saturated rings. The quantitative estimate of drug-likeness (QED) is 0.715. The highest BCUT2D eigenvalue weighted by Crippen LogP contribution is 2.19. The van der Waals surface area contributed by atoms with Crippen LogP contribution in [0, 0.1) is 5.92 Å². The van der Waals surface area contributed by atoms with E-state index in [1.165, 1.54) is 0 Å². The van der Waals surface area contributed by atoms with Gasteiger partial charge in [0.25, 0.3) is 5.91 Å². The summed E-state index contributed by atoms with van der Waals surface area (Å²) in [6.45, 7) is 10.7. The number of hydrogen-bond donors (Lipinski definition) is 1. The van der Waals surface area contributed by atoms with Gasteiger partial charge in [0.05, 0.1) is 17.5 Å². The molecule has 0 radical (unpaired) electrons. The first-order valence-electron chi connectivity index (χ1n) is 9.97. The maximum atomic E-state index is 12.9. The third-order valence-electron chi connectivity index (χ3n) is 4.75. The van der Waals surface area contributed by atoms with Crippen molar-refractivity contribution in [3.63, 3.8) is 0 Å². The SMILES string of the molecule is CCc1c(C(=O)N(C)CCC(N)C(C)C)nnn1-c1ccc(OC(C)C)cc1. The number of aromatic nitrogens is 3. The lowest BCUT2D eigenvalue weighted by Gasteiger charge is -2.21. The van der Waals surface area contributed by atoms with Crippen molar-refractivity contribution in [2.24, 2.45) is 11.7 Å². The van der Waals surface area contributed by atoms with Gasteiger partial charge in [-0.2, -0.15) is 0 Å². The van der Waals surface area contributed by atoms with Crippen molar-refractivity contribution in [3.05, 3.63) is 35.7 Å². The van der Waals surface area contributed by atoms with E-state index in [4.69, 9.17) is 10.5 Å². The molecule has 0 spiro atoms. The Morgan fingerprint density at radius 3 is 2.39 bits per heavy atom. The van der Waals surface area contributed by atoms with Crippen LogP contribution < -0.4 is 10.5 Å². The second-order valence-electron chi connectivity index (χ2n) is 7.73. The second kappa shape index (κ2) is 9.68. The minimum Gasteiger partial charge on any atom is -0.491 e. The molecule has 1 amide bonds. The van der Waals surface area contributed by atoms with E-state index in [9.17, 15) is 4.79 Å². The number of nitrogens with zero attached hydrogens (tertiary/aromatic N) is 4. The van der Waals surface area contributed by atoms with Gasteiger partial charge < -0.3 is 15.4 Å². The molecule has 0 saturated carbocycles.